The van der Waals surface area contributed by atoms with Crippen LogP contribution in [0.4, 0.5) is 0 Å². The zero-order chi connectivity index (χ0) is 9.26. The SMILES string of the molecule is CC1CCC(=O)C(C2CCCN2)C1. The zero-order valence-electron chi connectivity index (χ0n) is 8.38. The van der Waals surface area contributed by atoms with Crippen molar-refractivity contribution in [2.24, 2.45) is 11.8 Å². The minimum Gasteiger partial charge on any atom is -0.313 e. The summed E-state index contributed by atoms with van der Waals surface area (Å²) in [4.78, 5) is 11.7. The third-order valence-corrected chi connectivity index (χ3v) is 3.54. The minimum absolute atomic E-state index is 0.339. The smallest absolute Gasteiger partial charge is 0.137 e. The second kappa shape index (κ2) is 3.79. The average molecular weight is 181 g/mol. The van der Waals surface area contributed by atoms with Crippen LogP contribution in [0.5, 0.6) is 0 Å². The molecule has 3 unspecified atom stereocenters. The molecule has 2 fully saturated rings. The van der Waals surface area contributed by atoms with E-state index in [1.54, 1.807) is 0 Å². The molecule has 0 aromatic heterocycles. The fraction of sp³-hybridized carbons (Fsp3) is 0.909. The lowest BCUT2D eigenvalue weighted by Gasteiger charge is -2.29. The normalized spacial score (nSPS) is 41.0. The van der Waals surface area contributed by atoms with Gasteiger partial charge in [0.05, 0.1) is 0 Å². The van der Waals surface area contributed by atoms with Crippen molar-refractivity contribution in [3.8, 4) is 0 Å². The van der Waals surface area contributed by atoms with Gasteiger partial charge in [0.25, 0.3) is 0 Å². The summed E-state index contributed by atoms with van der Waals surface area (Å²) < 4.78 is 0. The Morgan fingerprint density at radius 1 is 1.38 bits per heavy atom. The van der Waals surface area contributed by atoms with Crippen LogP contribution < -0.4 is 5.32 Å². The van der Waals surface area contributed by atoms with Gasteiger partial charge >= 0.3 is 0 Å². The van der Waals surface area contributed by atoms with Crippen molar-refractivity contribution >= 4 is 5.78 Å². The molecule has 13 heavy (non-hydrogen) atoms. The summed E-state index contributed by atoms with van der Waals surface area (Å²) in [5.74, 6) is 1.61. The highest BCUT2D eigenvalue weighted by Gasteiger charge is 2.33. The summed E-state index contributed by atoms with van der Waals surface area (Å²) in [5, 5.41) is 3.46. The van der Waals surface area contributed by atoms with E-state index in [0.717, 1.165) is 31.7 Å². The monoisotopic (exact) mass is 181 g/mol. The first-order valence-corrected chi connectivity index (χ1v) is 5.53. The quantitative estimate of drug-likeness (QED) is 0.667. The minimum atomic E-state index is 0.339. The fourth-order valence-electron chi connectivity index (χ4n) is 2.70. The van der Waals surface area contributed by atoms with Gasteiger partial charge in [-0.3, -0.25) is 4.79 Å². The molecule has 1 heterocycles. The molecule has 2 rings (SSSR count). The van der Waals surface area contributed by atoms with Gasteiger partial charge in [-0.1, -0.05) is 6.92 Å². The summed E-state index contributed by atoms with van der Waals surface area (Å²) in [7, 11) is 0. The van der Waals surface area contributed by atoms with Crippen molar-refractivity contribution in [2.75, 3.05) is 6.54 Å². The number of carbonyl (C=O) groups is 1. The van der Waals surface area contributed by atoms with Crippen molar-refractivity contribution in [3.05, 3.63) is 0 Å². The summed E-state index contributed by atoms with van der Waals surface area (Å²) in [5.41, 5.74) is 0. The maximum absolute atomic E-state index is 11.7. The summed E-state index contributed by atoms with van der Waals surface area (Å²) in [6.45, 7) is 3.39. The Hall–Kier alpha value is -0.370. The van der Waals surface area contributed by atoms with Crippen LogP contribution in [0.15, 0.2) is 0 Å². The largest absolute Gasteiger partial charge is 0.313 e. The summed E-state index contributed by atoms with van der Waals surface area (Å²) in [6, 6.07) is 0.509. The molecule has 3 atom stereocenters. The molecule has 1 aliphatic carbocycles. The Bertz CT molecular complexity index is 196. The molecule has 0 aromatic rings. The van der Waals surface area contributed by atoms with Gasteiger partial charge in [-0.05, 0) is 38.1 Å². The van der Waals surface area contributed by atoms with E-state index in [0.29, 0.717) is 17.7 Å². The lowest BCUT2D eigenvalue weighted by Crippen LogP contribution is -2.39. The first-order valence-electron chi connectivity index (χ1n) is 5.53. The fourth-order valence-corrected chi connectivity index (χ4v) is 2.70. The van der Waals surface area contributed by atoms with Crippen LogP contribution in [-0.2, 0) is 4.79 Å². The Kier molecular flexibility index (Phi) is 2.68. The van der Waals surface area contributed by atoms with E-state index in [-0.39, 0.29) is 0 Å². The molecule has 0 amide bonds. The Balaban J connectivity index is 1.98. The molecule has 0 bridgehead atoms. The second-order valence-corrected chi connectivity index (χ2v) is 4.66. The average Bonchev–Trinajstić information content (AvgIpc) is 2.61. The second-order valence-electron chi connectivity index (χ2n) is 4.66. The topological polar surface area (TPSA) is 29.1 Å². The molecule has 2 aliphatic rings. The van der Waals surface area contributed by atoms with Crippen LogP contribution in [0.3, 0.4) is 0 Å². The predicted octanol–water partition coefficient (Wildman–Crippen LogP) is 1.74. The molecule has 74 valence electrons. The molecule has 0 aromatic carbocycles. The number of Topliss-reactive ketones (excluding diaryl/α,β-unsaturated/α-hetero) is 1. The van der Waals surface area contributed by atoms with Crippen LogP contribution in [0.2, 0.25) is 0 Å². The lowest BCUT2D eigenvalue weighted by molar-refractivity contribution is -0.126. The molecule has 0 radical (unpaired) electrons. The molecular weight excluding hydrogens is 162 g/mol. The van der Waals surface area contributed by atoms with Crippen molar-refractivity contribution in [1.82, 2.24) is 5.32 Å². The van der Waals surface area contributed by atoms with Gasteiger partial charge in [0.15, 0.2) is 0 Å². The van der Waals surface area contributed by atoms with E-state index in [2.05, 4.69) is 12.2 Å². The van der Waals surface area contributed by atoms with Crippen LogP contribution in [0, 0.1) is 11.8 Å². The third kappa shape index (κ3) is 1.93. The molecular formula is C11H19NO. The standard InChI is InChI=1S/C11H19NO/c1-8-4-5-11(13)9(7-8)10-3-2-6-12-10/h8-10,12H,2-7H2,1H3. The zero-order valence-corrected chi connectivity index (χ0v) is 8.38. The maximum Gasteiger partial charge on any atom is 0.137 e. The van der Waals surface area contributed by atoms with Gasteiger partial charge < -0.3 is 5.32 Å². The van der Waals surface area contributed by atoms with Crippen LogP contribution in [0.25, 0.3) is 0 Å². The highest BCUT2D eigenvalue weighted by molar-refractivity contribution is 5.82. The van der Waals surface area contributed by atoms with Crippen LogP contribution in [0.1, 0.15) is 39.0 Å². The molecule has 2 nitrogen and oxygen atoms in total. The van der Waals surface area contributed by atoms with Crippen molar-refractivity contribution < 1.29 is 4.79 Å². The van der Waals surface area contributed by atoms with Crippen LogP contribution >= 0.6 is 0 Å². The third-order valence-electron chi connectivity index (χ3n) is 3.54. The molecule has 1 saturated heterocycles. The van der Waals surface area contributed by atoms with E-state index in [9.17, 15) is 4.79 Å². The molecule has 1 saturated carbocycles. The van der Waals surface area contributed by atoms with Gasteiger partial charge in [0.2, 0.25) is 0 Å². The van der Waals surface area contributed by atoms with Crippen LogP contribution in [-0.4, -0.2) is 18.4 Å². The maximum atomic E-state index is 11.7. The van der Waals surface area contributed by atoms with E-state index < -0.39 is 0 Å². The van der Waals surface area contributed by atoms with Gasteiger partial charge in [0, 0.05) is 18.4 Å². The number of hydrogen-bond acceptors (Lipinski definition) is 2. The van der Waals surface area contributed by atoms with E-state index in [4.69, 9.17) is 0 Å². The number of carbonyl (C=O) groups excluding carboxylic acids is 1. The predicted molar refractivity (Wildman–Crippen MR) is 52.5 cm³/mol. The lowest BCUT2D eigenvalue weighted by atomic mass is 9.77. The molecule has 1 aliphatic heterocycles. The highest BCUT2D eigenvalue weighted by Crippen LogP contribution is 2.30. The number of hydrogen-bond donors (Lipinski definition) is 1. The Morgan fingerprint density at radius 3 is 2.92 bits per heavy atom. The summed E-state index contributed by atoms with van der Waals surface area (Å²) >= 11 is 0. The Morgan fingerprint density at radius 2 is 2.23 bits per heavy atom. The molecule has 1 N–H and O–H groups in total. The van der Waals surface area contributed by atoms with E-state index in [1.807, 2.05) is 0 Å². The number of rotatable bonds is 1. The summed E-state index contributed by atoms with van der Waals surface area (Å²) in [6.07, 6.45) is 5.52. The van der Waals surface area contributed by atoms with Gasteiger partial charge in [-0.25, -0.2) is 0 Å². The number of nitrogens with one attached hydrogen (secondary N) is 1. The van der Waals surface area contributed by atoms with Gasteiger partial charge in [-0.2, -0.15) is 0 Å². The van der Waals surface area contributed by atoms with Crippen molar-refractivity contribution in [2.45, 2.75) is 45.1 Å². The van der Waals surface area contributed by atoms with Crippen molar-refractivity contribution in [1.29, 1.82) is 0 Å². The van der Waals surface area contributed by atoms with Crippen molar-refractivity contribution in [3.63, 3.8) is 0 Å². The number of ketones is 1. The van der Waals surface area contributed by atoms with Gasteiger partial charge in [-0.15, -0.1) is 0 Å². The Labute approximate surface area is 80.1 Å². The van der Waals surface area contributed by atoms with E-state index in [1.165, 1.54) is 12.8 Å². The van der Waals surface area contributed by atoms with E-state index >= 15 is 0 Å². The first kappa shape index (κ1) is 9.20. The molecule has 2 heteroatoms. The first-order chi connectivity index (χ1) is 6.27. The van der Waals surface area contributed by atoms with Gasteiger partial charge in [0.1, 0.15) is 5.78 Å². The molecule has 0 spiro atoms. The highest BCUT2D eigenvalue weighted by atomic mass is 16.1.